The molecule has 0 aliphatic heterocycles. The summed E-state index contributed by atoms with van der Waals surface area (Å²) < 4.78 is 12.7. The zero-order chi connectivity index (χ0) is 10.7. The van der Waals surface area contributed by atoms with E-state index in [1.54, 1.807) is 18.2 Å². The summed E-state index contributed by atoms with van der Waals surface area (Å²) in [6.45, 7) is 0. The molecule has 0 amide bonds. The van der Waals surface area contributed by atoms with Gasteiger partial charge in [-0.3, -0.25) is 0 Å². The van der Waals surface area contributed by atoms with Gasteiger partial charge in [0, 0.05) is 5.56 Å². The lowest BCUT2D eigenvalue weighted by molar-refractivity contribution is 0.628. The second-order valence-corrected chi connectivity index (χ2v) is 3.06. The second kappa shape index (κ2) is 3.93. The van der Waals surface area contributed by atoms with Crippen molar-refractivity contribution in [2.24, 2.45) is 0 Å². The predicted molar refractivity (Wildman–Crippen MR) is 57.6 cm³/mol. The summed E-state index contributed by atoms with van der Waals surface area (Å²) >= 11 is 0. The highest BCUT2D eigenvalue weighted by Crippen LogP contribution is 2.17. The minimum absolute atomic E-state index is 0.258. The van der Waals surface area contributed by atoms with Crippen LogP contribution in [0.5, 0.6) is 0 Å². The Bertz CT molecular complexity index is 509. The average Bonchev–Trinajstić information content (AvgIpc) is 2.30. The van der Waals surface area contributed by atoms with Crippen LogP contribution in [0, 0.1) is 18.2 Å². The molecular weight excluding hydrogens is 189 g/mol. The molecule has 0 spiro atoms. The Labute approximate surface area is 87.6 Å². The molecule has 2 rings (SSSR count). The van der Waals surface area contributed by atoms with Gasteiger partial charge in [-0.1, -0.05) is 12.0 Å². The number of halogens is 1. The lowest BCUT2D eigenvalue weighted by Gasteiger charge is -2.00. The highest BCUT2D eigenvalue weighted by atomic mass is 19.1. The molecule has 0 radical (unpaired) electrons. The van der Waals surface area contributed by atoms with Crippen molar-refractivity contribution >= 4 is 0 Å². The molecule has 1 nitrogen and oxygen atoms in total. The monoisotopic (exact) mass is 197 g/mol. The number of hydrogen-bond acceptors (Lipinski definition) is 1. The Hall–Kier alpha value is -2.14. The van der Waals surface area contributed by atoms with E-state index in [-0.39, 0.29) is 5.82 Å². The van der Waals surface area contributed by atoms with Gasteiger partial charge in [-0.15, -0.1) is 6.42 Å². The molecule has 15 heavy (non-hydrogen) atoms. The van der Waals surface area contributed by atoms with Crippen molar-refractivity contribution in [3.05, 3.63) is 54.0 Å². The van der Waals surface area contributed by atoms with Gasteiger partial charge in [-0.25, -0.2) is 9.37 Å². The van der Waals surface area contributed by atoms with Crippen LogP contribution in [0.15, 0.2) is 42.5 Å². The number of terminal acetylenes is 1. The predicted octanol–water partition coefficient (Wildman–Crippen LogP) is 2.87. The fourth-order valence-electron chi connectivity index (χ4n) is 1.30. The van der Waals surface area contributed by atoms with E-state index >= 15 is 0 Å². The Morgan fingerprint density at radius 3 is 2.47 bits per heavy atom. The van der Waals surface area contributed by atoms with Crippen molar-refractivity contribution in [2.45, 2.75) is 0 Å². The number of pyridine rings is 1. The average molecular weight is 197 g/mol. The van der Waals surface area contributed by atoms with E-state index in [0.717, 1.165) is 11.3 Å². The molecule has 1 heterocycles. The summed E-state index contributed by atoms with van der Waals surface area (Å²) in [6.07, 6.45) is 5.25. The van der Waals surface area contributed by atoms with E-state index in [0.29, 0.717) is 5.69 Å². The van der Waals surface area contributed by atoms with E-state index in [1.165, 1.54) is 12.1 Å². The van der Waals surface area contributed by atoms with Crippen LogP contribution in [0.25, 0.3) is 11.3 Å². The van der Waals surface area contributed by atoms with Crippen LogP contribution in [0.4, 0.5) is 4.39 Å². The highest BCUT2D eigenvalue weighted by molar-refractivity contribution is 5.59. The molecule has 0 atom stereocenters. The van der Waals surface area contributed by atoms with Gasteiger partial charge in [0.1, 0.15) is 11.5 Å². The Balaban J connectivity index is 2.46. The van der Waals surface area contributed by atoms with Gasteiger partial charge >= 0.3 is 0 Å². The topological polar surface area (TPSA) is 12.9 Å². The van der Waals surface area contributed by atoms with Gasteiger partial charge in [0.2, 0.25) is 0 Å². The van der Waals surface area contributed by atoms with Gasteiger partial charge in [-0.05, 0) is 36.4 Å². The zero-order valence-electron chi connectivity index (χ0n) is 7.94. The third-order valence-electron chi connectivity index (χ3n) is 2.04. The van der Waals surface area contributed by atoms with Crippen molar-refractivity contribution in [1.29, 1.82) is 0 Å². The van der Waals surface area contributed by atoms with Crippen molar-refractivity contribution in [2.75, 3.05) is 0 Å². The molecule has 0 aliphatic rings. The lowest BCUT2D eigenvalue weighted by Crippen LogP contribution is -1.87. The number of nitrogens with zero attached hydrogens (tertiary/aromatic N) is 1. The fraction of sp³-hybridized carbons (Fsp3) is 0. The molecule has 2 heteroatoms. The molecule has 0 unspecified atom stereocenters. The first kappa shape index (κ1) is 9.42. The number of aromatic nitrogens is 1. The molecule has 0 fully saturated rings. The molecule has 0 bridgehead atoms. The van der Waals surface area contributed by atoms with E-state index in [4.69, 9.17) is 6.42 Å². The molecule has 0 saturated heterocycles. The first-order chi connectivity index (χ1) is 7.29. The van der Waals surface area contributed by atoms with Gasteiger partial charge in [0.05, 0.1) is 5.69 Å². The summed E-state index contributed by atoms with van der Waals surface area (Å²) in [5, 5.41) is 0. The minimum Gasteiger partial charge on any atom is -0.239 e. The van der Waals surface area contributed by atoms with Crippen LogP contribution in [0.2, 0.25) is 0 Å². The van der Waals surface area contributed by atoms with Crippen molar-refractivity contribution in [3.63, 3.8) is 0 Å². The molecule has 72 valence electrons. The maximum atomic E-state index is 12.7. The summed E-state index contributed by atoms with van der Waals surface area (Å²) in [5.74, 6) is 2.21. The first-order valence-electron chi connectivity index (χ1n) is 4.49. The third kappa shape index (κ3) is 2.03. The van der Waals surface area contributed by atoms with E-state index in [2.05, 4.69) is 10.9 Å². The number of benzene rings is 1. The summed E-state index contributed by atoms with van der Waals surface area (Å²) in [7, 11) is 0. The first-order valence-corrected chi connectivity index (χ1v) is 4.49. The van der Waals surface area contributed by atoms with Gasteiger partial charge in [-0.2, -0.15) is 0 Å². The zero-order valence-corrected chi connectivity index (χ0v) is 7.94. The van der Waals surface area contributed by atoms with Crippen LogP contribution in [0.1, 0.15) is 5.69 Å². The molecule has 0 aliphatic carbocycles. The number of rotatable bonds is 1. The highest BCUT2D eigenvalue weighted by Gasteiger charge is 1.99. The molecule has 1 aromatic heterocycles. The van der Waals surface area contributed by atoms with E-state index in [9.17, 15) is 4.39 Å². The van der Waals surface area contributed by atoms with E-state index < -0.39 is 0 Å². The van der Waals surface area contributed by atoms with E-state index in [1.807, 2.05) is 12.1 Å². The van der Waals surface area contributed by atoms with Gasteiger partial charge in [0.15, 0.2) is 0 Å². The standard InChI is InChI=1S/C13H8FN/c1-2-12-4-3-5-13(15-12)10-6-8-11(14)9-7-10/h1,3-9H. The third-order valence-corrected chi connectivity index (χ3v) is 2.04. The number of hydrogen-bond donors (Lipinski definition) is 0. The van der Waals surface area contributed by atoms with Crippen LogP contribution in [-0.4, -0.2) is 4.98 Å². The normalized spacial score (nSPS) is 9.60. The van der Waals surface area contributed by atoms with Crippen molar-refractivity contribution < 1.29 is 4.39 Å². The largest absolute Gasteiger partial charge is 0.239 e. The van der Waals surface area contributed by atoms with Crippen molar-refractivity contribution in [1.82, 2.24) is 4.98 Å². The van der Waals surface area contributed by atoms with Crippen molar-refractivity contribution in [3.8, 4) is 23.6 Å². The molecule has 0 saturated carbocycles. The summed E-state index contributed by atoms with van der Waals surface area (Å²) in [5.41, 5.74) is 2.19. The smallest absolute Gasteiger partial charge is 0.123 e. The maximum absolute atomic E-state index is 12.7. The van der Waals surface area contributed by atoms with Crippen LogP contribution in [-0.2, 0) is 0 Å². The van der Waals surface area contributed by atoms with Gasteiger partial charge in [0.25, 0.3) is 0 Å². The van der Waals surface area contributed by atoms with Gasteiger partial charge < -0.3 is 0 Å². The molecule has 1 aromatic carbocycles. The Morgan fingerprint density at radius 1 is 1.07 bits per heavy atom. The lowest BCUT2D eigenvalue weighted by atomic mass is 10.1. The molecule has 2 aromatic rings. The maximum Gasteiger partial charge on any atom is 0.123 e. The SMILES string of the molecule is C#Cc1cccc(-c2ccc(F)cc2)n1. The van der Waals surface area contributed by atoms with Crippen LogP contribution < -0.4 is 0 Å². The molecular formula is C13H8FN. The Kier molecular flexibility index (Phi) is 2.47. The molecule has 0 N–H and O–H groups in total. The quantitative estimate of drug-likeness (QED) is 0.640. The minimum atomic E-state index is -0.258. The second-order valence-electron chi connectivity index (χ2n) is 3.06. The fourth-order valence-corrected chi connectivity index (χ4v) is 1.30. The Morgan fingerprint density at radius 2 is 1.80 bits per heavy atom. The van der Waals surface area contributed by atoms with Crippen LogP contribution >= 0.6 is 0 Å². The van der Waals surface area contributed by atoms with Crippen LogP contribution in [0.3, 0.4) is 0 Å². The summed E-state index contributed by atoms with van der Waals surface area (Å²) in [4.78, 5) is 4.23. The summed E-state index contributed by atoms with van der Waals surface area (Å²) in [6, 6.07) is 11.6.